The minimum Gasteiger partial charge on any atom is -0.237 e. The van der Waals surface area contributed by atoms with Crippen LogP contribution in [0.1, 0.15) is 44.4 Å². The second kappa shape index (κ2) is 13.1. The zero-order chi connectivity index (χ0) is 37.3. The standard InChI is InChI=1S/C48H44N2S2Si2/c1-47(2)36-24-13-14-27-39(36)51-44-35(23-17-25-37(44)47)46-49-32-31-43(50-46)54(33-19-9-7-10-20-33,34-21-11-8-12-22-34)42-30-18-26-38-45(42)52-40-28-15-16-29-41(40)53(5,6)48(38,3)4/h7-32H,1-6H3. The first kappa shape index (κ1) is 35.2. The highest BCUT2D eigenvalue weighted by atomic mass is 32.2. The van der Waals surface area contributed by atoms with E-state index in [9.17, 15) is 0 Å². The van der Waals surface area contributed by atoms with Gasteiger partial charge in [0.1, 0.15) is 0 Å². The van der Waals surface area contributed by atoms with Crippen LogP contribution in [0.2, 0.25) is 13.1 Å². The van der Waals surface area contributed by atoms with E-state index in [2.05, 4.69) is 192 Å². The summed E-state index contributed by atoms with van der Waals surface area (Å²) in [6, 6.07) is 56.6. The predicted octanol–water partition coefficient (Wildman–Crippen LogP) is 9.21. The second-order valence-electron chi connectivity index (χ2n) is 16.2. The van der Waals surface area contributed by atoms with Gasteiger partial charge in [0.25, 0.3) is 0 Å². The molecule has 0 amide bonds. The van der Waals surface area contributed by atoms with Gasteiger partial charge in [-0.25, -0.2) is 9.97 Å². The van der Waals surface area contributed by atoms with Crippen LogP contribution in [0.25, 0.3) is 11.4 Å². The third-order valence-electron chi connectivity index (χ3n) is 12.6. The largest absolute Gasteiger partial charge is 0.237 e. The van der Waals surface area contributed by atoms with Crippen molar-refractivity contribution in [2.24, 2.45) is 0 Å². The fourth-order valence-corrected chi connectivity index (χ4v) is 20.6. The molecule has 2 aliphatic rings. The Balaban J connectivity index is 1.35. The van der Waals surface area contributed by atoms with Crippen molar-refractivity contribution in [3.05, 3.63) is 175 Å². The summed E-state index contributed by atoms with van der Waals surface area (Å²) < 4.78 is 0. The van der Waals surface area contributed by atoms with Gasteiger partial charge in [-0.15, -0.1) is 0 Å². The Morgan fingerprint density at radius 2 is 1.11 bits per heavy atom. The average molecular weight is 769 g/mol. The molecule has 0 aliphatic carbocycles. The van der Waals surface area contributed by atoms with Crippen LogP contribution >= 0.6 is 23.5 Å². The summed E-state index contributed by atoms with van der Waals surface area (Å²) in [7, 11) is -5.08. The van der Waals surface area contributed by atoms with Crippen LogP contribution in [0.4, 0.5) is 0 Å². The van der Waals surface area contributed by atoms with Crippen molar-refractivity contribution in [1.29, 1.82) is 0 Å². The van der Waals surface area contributed by atoms with Crippen molar-refractivity contribution in [1.82, 2.24) is 9.97 Å². The molecule has 0 saturated heterocycles. The highest BCUT2D eigenvalue weighted by Gasteiger charge is 2.50. The molecule has 0 bridgehead atoms. The predicted molar refractivity (Wildman–Crippen MR) is 234 cm³/mol. The van der Waals surface area contributed by atoms with Crippen molar-refractivity contribution < 1.29 is 0 Å². The Kier molecular flexibility index (Phi) is 8.54. The molecule has 0 unspecified atom stereocenters. The monoisotopic (exact) mass is 768 g/mol. The zero-order valence-electron chi connectivity index (χ0n) is 31.7. The highest BCUT2D eigenvalue weighted by Crippen LogP contribution is 2.51. The molecule has 7 aromatic rings. The molecule has 0 fully saturated rings. The van der Waals surface area contributed by atoms with Crippen LogP contribution in [0.3, 0.4) is 0 Å². The summed E-state index contributed by atoms with van der Waals surface area (Å²) in [5.41, 5.74) is 5.09. The van der Waals surface area contributed by atoms with Crippen molar-refractivity contribution in [3.63, 3.8) is 0 Å². The highest BCUT2D eigenvalue weighted by molar-refractivity contribution is 8.00. The van der Waals surface area contributed by atoms with Gasteiger partial charge in [0.2, 0.25) is 8.07 Å². The molecule has 54 heavy (non-hydrogen) atoms. The fraction of sp³-hybridized carbons (Fsp3) is 0.167. The number of nitrogens with zero attached hydrogens (tertiary/aromatic N) is 2. The van der Waals surface area contributed by atoms with Crippen LogP contribution < -0.4 is 26.1 Å². The van der Waals surface area contributed by atoms with E-state index < -0.39 is 16.1 Å². The van der Waals surface area contributed by atoms with Gasteiger partial charge >= 0.3 is 0 Å². The molecule has 1 aromatic heterocycles. The van der Waals surface area contributed by atoms with Crippen LogP contribution in [-0.2, 0) is 10.5 Å². The number of aromatic nitrogens is 2. The normalized spacial score (nSPS) is 16.3. The molecule has 2 aliphatic heterocycles. The quantitative estimate of drug-likeness (QED) is 0.129. The van der Waals surface area contributed by atoms with Gasteiger partial charge in [0.15, 0.2) is 5.82 Å². The Hall–Kier alpha value is -4.47. The molecular weight excluding hydrogens is 725 g/mol. The summed E-state index contributed by atoms with van der Waals surface area (Å²) in [6.07, 6.45) is 2.02. The zero-order valence-corrected chi connectivity index (χ0v) is 35.4. The number of hydrogen-bond acceptors (Lipinski definition) is 4. The first-order valence-corrected chi connectivity index (χ1v) is 25.5. The van der Waals surface area contributed by atoms with E-state index in [0.29, 0.717) is 0 Å². The Bertz CT molecular complexity index is 2510. The molecular formula is C48H44N2S2Si2. The molecule has 6 heteroatoms. The second-order valence-corrected chi connectivity index (χ2v) is 27.0. The van der Waals surface area contributed by atoms with E-state index in [1.54, 1.807) is 0 Å². The number of fused-ring (bicyclic) bond motifs is 4. The lowest BCUT2D eigenvalue weighted by atomic mass is 9.77. The van der Waals surface area contributed by atoms with Crippen molar-refractivity contribution >= 4 is 65.7 Å². The van der Waals surface area contributed by atoms with E-state index in [1.807, 2.05) is 29.7 Å². The van der Waals surface area contributed by atoms with Crippen molar-refractivity contribution in [2.75, 3.05) is 0 Å². The van der Waals surface area contributed by atoms with Crippen molar-refractivity contribution in [2.45, 2.75) is 70.8 Å². The van der Waals surface area contributed by atoms with E-state index >= 15 is 0 Å². The first-order chi connectivity index (χ1) is 26.1. The number of rotatable bonds is 5. The maximum atomic E-state index is 5.77. The molecule has 9 rings (SSSR count). The molecule has 2 nitrogen and oxygen atoms in total. The molecule has 0 atom stereocenters. The summed E-state index contributed by atoms with van der Waals surface area (Å²) >= 11 is 3.84. The minimum atomic E-state index is -3.08. The minimum absolute atomic E-state index is 0.0221. The molecule has 266 valence electrons. The van der Waals surface area contributed by atoms with Gasteiger partial charge < -0.3 is 0 Å². The smallest absolute Gasteiger partial charge is 0.203 e. The molecule has 0 saturated carbocycles. The van der Waals surface area contributed by atoms with Gasteiger partial charge in [0, 0.05) is 42.1 Å². The maximum absolute atomic E-state index is 5.77. The van der Waals surface area contributed by atoms with Gasteiger partial charge in [-0.2, -0.15) is 0 Å². The van der Waals surface area contributed by atoms with Gasteiger partial charge in [-0.1, -0.05) is 198 Å². The van der Waals surface area contributed by atoms with E-state index in [1.165, 1.54) is 57.0 Å². The van der Waals surface area contributed by atoms with E-state index in [0.717, 1.165) is 16.7 Å². The van der Waals surface area contributed by atoms with Gasteiger partial charge in [0.05, 0.1) is 8.07 Å². The topological polar surface area (TPSA) is 25.8 Å². The summed E-state index contributed by atoms with van der Waals surface area (Å²) in [6.45, 7) is 14.8. The third-order valence-corrected chi connectivity index (χ3v) is 25.2. The Morgan fingerprint density at radius 3 is 1.83 bits per heavy atom. The van der Waals surface area contributed by atoms with Crippen LogP contribution in [0.5, 0.6) is 0 Å². The van der Waals surface area contributed by atoms with Crippen LogP contribution in [0.15, 0.2) is 177 Å². The molecule has 0 radical (unpaired) electrons. The third kappa shape index (κ3) is 5.21. The number of benzene rings is 6. The molecule has 3 heterocycles. The average Bonchev–Trinajstić information content (AvgIpc) is 3.26. The van der Waals surface area contributed by atoms with Crippen LogP contribution in [0, 0.1) is 0 Å². The lowest BCUT2D eigenvalue weighted by Gasteiger charge is -2.41. The molecule has 0 N–H and O–H groups in total. The van der Waals surface area contributed by atoms with Gasteiger partial charge in [-0.3, -0.25) is 0 Å². The van der Waals surface area contributed by atoms with Gasteiger partial charge in [-0.05, 0) is 60.7 Å². The number of hydrogen-bond donors (Lipinski definition) is 0. The first-order valence-electron chi connectivity index (χ1n) is 18.8. The Morgan fingerprint density at radius 1 is 0.537 bits per heavy atom. The van der Waals surface area contributed by atoms with E-state index in [-0.39, 0.29) is 10.5 Å². The fourth-order valence-electron chi connectivity index (χ4n) is 8.92. The lowest BCUT2D eigenvalue weighted by Crippen LogP contribution is -2.76. The molecule has 0 spiro atoms. The maximum Gasteiger partial charge on any atom is 0.203 e. The van der Waals surface area contributed by atoms with E-state index in [4.69, 9.17) is 9.97 Å². The lowest BCUT2D eigenvalue weighted by molar-refractivity contribution is 0.608. The van der Waals surface area contributed by atoms with Crippen LogP contribution in [-0.4, -0.2) is 26.1 Å². The summed E-state index contributed by atoms with van der Waals surface area (Å²) in [4.78, 5) is 16.2. The summed E-state index contributed by atoms with van der Waals surface area (Å²) in [5, 5.41) is 6.65. The van der Waals surface area contributed by atoms with Crippen molar-refractivity contribution in [3.8, 4) is 11.4 Å². The molecule has 6 aromatic carbocycles. The SMILES string of the molecule is CC1(C)c2ccccc2Sc2c(-c3nccc([Si](c4ccccc4)(c4ccccc4)c4cccc5c4Sc4ccccc4[Si](C)(C)C5(C)C)n3)cccc21. The Labute approximate surface area is 330 Å². The summed E-state index contributed by atoms with van der Waals surface area (Å²) in [5.74, 6) is 0.782.